The molecule has 5 nitrogen and oxygen atoms in total. The molecule has 18 heavy (non-hydrogen) atoms. The third-order valence-electron chi connectivity index (χ3n) is 3.48. The highest BCUT2D eigenvalue weighted by Gasteiger charge is 2.51. The average Bonchev–Trinajstić information content (AvgIpc) is 2.91. The van der Waals surface area contributed by atoms with Gasteiger partial charge in [-0.1, -0.05) is 32.9 Å². The maximum atomic E-state index is 12.3. The average molecular weight is 255 g/mol. The van der Waals surface area contributed by atoms with Crippen LogP contribution in [0.5, 0.6) is 0 Å². The summed E-state index contributed by atoms with van der Waals surface area (Å²) in [6, 6.07) is 0. The summed E-state index contributed by atoms with van der Waals surface area (Å²) in [5.41, 5.74) is 5.60. The predicted octanol–water partition coefficient (Wildman–Crippen LogP) is 1.65. The first-order valence-electron chi connectivity index (χ1n) is 6.53. The summed E-state index contributed by atoms with van der Waals surface area (Å²) >= 11 is 0. The zero-order valence-electron chi connectivity index (χ0n) is 11.8. The van der Waals surface area contributed by atoms with Crippen LogP contribution in [-0.4, -0.2) is 34.9 Å². The van der Waals surface area contributed by atoms with E-state index in [1.807, 2.05) is 4.90 Å². The maximum Gasteiger partial charge on any atom is 0.226 e. The van der Waals surface area contributed by atoms with Crippen LogP contribution in [0.1, 0.15) is 40.5 Å². The lowest BCUT2D eigenvalue weighted by molar-refractivity contribution is -0.133. The Hall–Kier alpha value is -1.26. The second-order valence-corrected chi connectivity index (χ2v) is 6.26. The molecule has 1 amide bonds. The molecular weight excluding hydrogens is 230 g/mol. The van der Waals surface area contributed by atoms with Gasteiger partial charge in [0.05, 0.1) is 0 Å². The van der Waals surface area contributed by atoms with E-state index in [1.54, 1.807) is 0 Å². The maximum absolute atomic E-state index is 12.3. The minimum atomic E-state index is 0.142. The second-order valence-electron chi connectivity index (χ2n) is 6.26. The van der Waals surface area contributed by atoms with Gasteiger partial charge in [0.2, 0.25) is 5.91 Å². The van der Waals surface area contributed by atoms with Crippen molar-refractivity contribution in [1.29, 1.82) is 0 Å². The van der Waals surface area contributed by atoms with Gasteiger partial charge in [-0.25, -0.2) is 0 Å². The van der Waals surface area contributed by atoms with E-state index >= 15 is 0 Å². The number of carbonyl (C=O) groups is 1. The van der Waals surface area contributed by atoms with E-state index in [4.69, 9.17) is 10.9 Å². The molecule has 0 saturated heterocycles. The molecule has 104 valence electrons. The number of rotatable bonds is 6. The minimum Gasteiger partial charge on any atom is -0.409 e. The SMILES string of the molecule is CC(C)CN(CCC(N)=NO)C(=O)C1CC1(C)C. The molecule has 0 spiro atoms. The monoisotopic (exact) mass is 255 g/mol. The first-order valence-corrected chi connectivity index (χ1v) is 6.53. The van der Waals surface area contributed by atoms with Crippen LogP contribution in [0.2, 0.25) is 0 Å². The predicted molar refractivity (Wildman–Crippen MR) is 71.3 cm³/mol. The smallest absolute Gasteiger partial charge is 0.226 e. The molecule has 0 radical (unpaired) electrons. The van der Waals surface area contributed by atoms with Gasteiger partial charge in [0.15, 0.2) is 0 Å². The van der Waals surface area contributed by atoms with Gasteiger partial charge in [0.25, 0.3) is 0 Å². The molecule has 1 unspecified atom stereocenters. The van der Waals surface area contributed by atoms with Crippen molar-refractivity contribution in [2.75, 3.05) is 13.1 Å². The highest BCUT2D eigenvalue weighted by Crippen LogP contribution is 2.52. The van der Waals surface area contributed by atoms with Gasteiger partial charge < -0.3 is 15.8 Å². The Balaban J connectivity index is 2.58. The number of hydrogen-bond donors (Lipinski definition) is 2. The Morgan fingerprint density at radius 1 is 1.56 bits per heavy atom. The zero-order valence-corrected chi connectivity index (χ0v) is 11.8. The van der Waals surface area contributed by atoms with Crippen LogP contribution in [0.15, 0.2) is 5.16 Å². The standard InChI is InChI=1S/C13H25N3O2/c1-9(2)8-16(6-5-11(14)15-18)12(17)10-7-13(10,3)4/h9-10,18H,5-8H2,1-4H3,(H2,14,15). The molecule has 0 aromatic carbocycles. The van der Waals surface area contributed by atoms with Crippen molar-refractivity contribution in [1.82, 2.24) is 4.90 Å². The molecular formula is C13H25N3O2. The molecule has 0 aliphatic heterocycles. The van der Waals surface area contributed by atoms with E-state index in [0.717, 1.165) is 13.0 Å². The Bertz CT molecular complexity index is 337. The molecule has 5 heteroatoms. The quantitative estimate of drug-likeness (QED) is 0.328. The van der Waals surface area contributed by atoms with Crippen molar-refractivity contribution < 1.29 is 10.0 Å². The van der Waals surface area contributed by atoms with Gasteiger partial charge in [-0.3, -0.25) is 4.79 Å². The topological polar surface area (TPSA) is 78.9 Å². The highest BCUT2D eigenvalue weighted by atomic mass is 16.4. The Labute approximate surface area is 109 Å². The summed E-state index contributed by atoms with van der Waals surface area (Å²) in [6.45, 7) is 9.66. The van der Waals surface area contributed by atoms with Crippen LogP contribution >= 0.6 is 0 Å². The van der Waals surface area contributed by atoms with Crippen LogP contribution in [0.25, 0.3) is 0 Å². The summed E-state index contributed by atoms with van der Waals surface area (Å²) < 4.78 is 0. The molecule has 1 atom stereocenters. The molecule has 0 aromatic heterocycles. The molecule has 0 aromatic rings. The largest absolute Gasteiger partial charge is 0.409 e. The van der Waals surface area contributed by atoms with Crippen LogP contribution in [0.4, 0.5) is 0 Å². The highest BCUT2D eigenvalue weighted by molar-refractivity contribution is 5.84. The first-order chi connectivity index (χ1) is 8.27. The summed E-state index contributed by atoms with van der Waals surface area (Å²) in [6.07, 6.45) is 1.38. The van der Waals surface area contributed by atoms with Gasteiger partial charge in [0.1, 0.15) is 5.84 Å². The molecule has 1 aliphatic carbocycles. The Morgan fingerprint density at radius 2 is 2.11 bits per heavy atom. The van der Waals surface area contributed by atoms with Crippen molar-refractivity contribution in [2.24, 2.45) is 28.1 Å². The molecule has 1 saturated carbocycles. The molecule has 0 heterocycles. The van der Waals surface area contributed by atoms with Gasteiger partial charge >= 0.3 is 0 Å². The van der Waals surface area contributed by atoms with Crippen LogP contribution in [0, 0.1) is 17.3 Å². The fourth-order valence-electron chi connectivity index (χ4n) is 2.14. The van der Waals surface area contributed by atoms with Gasteiger partial charge in [-0.05, 0) is 17.8 Å². The zero-order chi connectivity index (χ0) is 13.9. The third-order valence-corrected chi connectivity index (χ3v) is 3.48. The normalized spacial score (nSPS) is 22.1. The van der Waals surface area contributed by atoms with Crippen molar-refractivity contribution in [2.45, 2.75) is 40.5 Å². The third kappa shape index (κ3) is 3.89. The van der Waals surface area contributed by atoms with Crippen molar-refractivity contribution in [3.8, 4) is 0 Å². The van der Waals surface area contributed by atoms with E-state index in [0.29, 0.717) is 18.9 Å². The fourth-order valence-corrected chi connectivity index (χ4v) is 2.14. The number of nitrogens with two attached hydrogens (primary N) is 1. The number of amidine groups is 1. The van der Waals surface area contributed by atoms with Crippen molar-refractivity contribution >= 4 is 11.7 Å². The number of hydrogen-bond acceptors (Lipinski definition) is 3. The van der Waals surface area contributed by atoms with Gasteiger partial charge in [-0.15, -0.1) is 0 Å². The van der Waals surface area contributed by atoms with Crippen molar-refractivity contribution in [3.63, 3.8) is 0 Å². The summed E-state index contributed by atoms with van der Waals surface area (Å²) in [5, 5.41) is 11.5. The van der Waals surface area contributed by atoms with Crippen LogP contribution < -0.4 is 5.73 Å². The van der Waals surface area contributed by atoms with Crippen LogP contribution in [-0.2, 0) is 4.79 Å². The Kier molecular flexibility index (Phi) is 4.59. The first kappa shape index (κ1) is 14.8. The van der Waals surface area contributed by atoms with E-state index < -0.39 is 0 Å². The van der Waals surface area contributed by atoms with E-state index in [9.17, 15) is 4.79 Å². The number of amides is 1. The van der Waals surface area contributed by atoms with E-state index in [2.05, 4.69) is 32.9 Å². The van der Waals surface area contributed by atoms with E-state index in [-0.39, 0.29) is 23.1 Å². The molecule has 1 fully saturated rings. The molecule has 0 bridgehead atoms. The van der Waals surface area contributed by atoms with Gasteiger partial charge in [-0.2, -0.15) is 0 Å². The lowest BCUT2D eigenvalue weighted by Gasteiger charge is -2.25. The van der Waals surface area contributed by atoms with E-state index in [1.165, 1.54) is 0 Å². The lowest BCUT2D eigenvalue weighted by atomic mass is 10.1. The summed E-state index contributed by atoms with van der Waals surface area (Å²) in [5.74, 6) is 0.942. The molecule has 3 N–H and O–H groups in total. The number of nitrogens with zero attached hydrogens (tertiary/aromatic N) is 2. The summed E-state index contributed by atoms with van der Waals surface area (Å²) in [7, 11) is 0. The molecule has 1 rings (SSSR count). The van der Waals surface area contributed by atoms with Gasteiger partial charge in [0, 0.05) is 25.4 Å². The number of oxime groups is 1. The van der Waals surface area contributed by atoms with Crippen molar-refractivity contribution in [3.05, 3.63) is 0 Å². The minimum absolute atomic E-state index is 0.142. The second kappa shape index (κ2) is 5.59. The lowest BCUT2D eigenvalue weighted by Crippen LogP contribution is -2.38. The number of carbonyl (C=O) groups excluding carboxylic acids is 1. The fraction of sp³-hybridized carbons (Fsp3) is 0.846. The molecule has 1 aliphatic rings. The Morgan fingerprint density at radius 3 is 2.50 bits per heavy atom. The summed E-state index contributed by atoms with van der Waals surface area (Å²) in [4.78, 5) is 14.2. The van der Waals surface area contributed by atoms with Crippen LogP contribution in [0.3, 0.4) is 0 Å².